The normalized spacial score (nSPS) is 23.3. The third-order valence-corrected chi connectivity index (χ3v) is 7.41. The van der Waals surface area contributed by atoms with Gasteiger partial charge in [-0.2, -0.15) is 0 Å². The molecule has 2 bridgehead atoms. The summed E-state index contributed by atoms with van der Waals surface area (Å²) in [5.41, 5.74) is 1.20. The number of fused-ring (bicyclic) bond motifs is 2. The number of ether oxygens (including phenoxy) is 1. The number of halogens is 2. The molecule has 1 aliphatic carbocycles. The summed E-state index contributed by atoms with van der Waals surface area (Å²) in [6.45, 7) is 1.93. The molecule has 1 saturated carbocycles. The summed E-state index contributed by atoms with van der Waals surface area (Å²) in [5, 5.41) is 13.4. The SMILES string of the molecule is Cc1cc(C(=O)O)nc(N2[C@@H]3CC[C@H]2C[C@@H](OCc2c(-c4c(F)cccc4F)noc2C2CC2)C3)n1. The maximum absolute atomic E-state index is 14.5. The zero-order valence-corrected chi connectivity index (χ0v) is 19.8. The Kier molecular flexibility index (Phi) is 5.70. The van der Waals surface area contributed by atoms with Gasteiger partial charge in [0.2, 0.25) is 5.95 Å². The summed E-state index contributed by atoms with van der Waals surface area (Å²) in [7, 11) is 0. The summed E-state index contributed by atoms with van der Waals surface area (Å²) in [4.78, 5) is 22.4. The molecule has 2 aromatic heterocycles. The second kappa shape index (κ2) is 8.92. The number of aromatic nitrogens is 3. The number of piperidine rings is 1. The maximum Gasteiger partial charge on any atom is 0.354 e. The minimum absolute atomic E-state index is 0.0109. The topological polar surface area (TPSA) is 102 Å². The van der Waals surface area contributed by atoms with Crippen LogP contribution >= 0.6 is 0 Å². The fraction of sp³-hybridized carbons (Fsp3) is 0.462. The second-order valence-corrected chi connectivity index (χ2v) is 9.94. The number of hydrogen-bond donors (Lipinski definition) is 1. The molecule has 10 heteroatoms. The maximum atomic E-state index is 14.5. The first-order chi connectivity index (χ1) is 17.4. The summed E-state index contributed by atoms with van der Waals surface area (Å²) < 4.78 is 41.0. The van der Waals surface area contributed by atoms with Gasteiger partial charge >= 0.3 is 5.97 Å². The van der Waals surface area contributed by atoms with Gasteiger partial charge in [0.05, 0.1) is 18.3 Å². The molecule has 8 nitrogen and oxygen atoms in total. The van der Waals surface area contributed by atoms with Crippen LogP contribution < -0.4 is 4.90 Å². The van der Waals surface area contributed by atoms with Crippen molar-refractivity contribution in [3.63, 3.8) is 0 Å². The van der Waals surface area contributed by atoms with Gasteiger partial charge in [-0.3, -0.25) is 0 Å². The largest absolute Gasteiger partial charge is 0.477 e. The fourth-order valence-corrected chi connectivity index (χ4v) is 5.62. The predicted molar refractivity (Wildman–Crippen MR) is 125 cm³/mol. The van der Waals surface area contributed by atoms with Crippen LogP contribution in [0.25, 0.3) is 11.3 Å². The summed E-state index contributed by atoms with van der Waals surface area (Å²) >= 11 is 0. The quantitative estimate of drug-likeness (QED) is 0.487. The van der Waals surface area contributed by atoms with E-state index in [-0.39, 0.29) is 47.7 Å². The number of nitrogens with zero attached hydrogens (tertiary/aromatic N) is 4. The van der Waals surface area contributed by atoms with Crippen molar-refractivity contribution >= 4 is 11.9 Å². The zero-order chi connectivity index (χ0) is 25.0. The van der Waals surface area contributed by atoms with Crippen LogP contribution in [0.1, 0.15) is 71.9 Å². The van der Waals surface area contributed by atoms with Crippen molar-refractivity contribution in [3.8, 4) is 11.3 Å². The average Bonchev–Trinajstić information content (AvgIpc) is 3.54. The molecule has 0 spiro atoms. The molecule has 2 saturated heterocycles. The lowest BCUT2D eigenvalue weighted by molar-refractivity contribution is 0.0144. The Hall–Kier alpha value is -3.40. The molecule has 188 valence electrons. The van der Waals surface area contributed by atoms with Gasteiger partial charge in [-0.05, 0) is 63.6 Å². The van der Waals surface area contributed by atoms with Crippen LogP contribution in [0.3, 0.4) is 0 Å². The van der Waals surface area contributed by atoms with E-state index in [0.29, 0.717) is 23.0 Å². The molecule has 2 aliphatic heterocycles. The van der Waals surface area contributed by atoms with Gasteiger partial charge in [0.1, 0.15) is 23.1 Å². The monoisotopic (exact) mass is 496 g/mol. The molecule has 0 amide bonds. The molecule has 6 rings (SSSR count). The van der Waals surface area contributed by atoms with Gasteiger partial charge in [0.25, 0.3) is 0 Å². The van der Waals surface area contributed by atoms with Crippen molar-refractivity contribution in [2.45, 2.75) is 76.2 Å². The van der Waals surface area contributed by atoms with E-state index in [0.717, 1.165) is 38.5 Å². The second-order valence-electron chi connectivity index (χ2n) is 9.94. The van der Waals surface area contributed by atoms with Crippen LogP contribution in [-0.2, 0) is 11.3 Å². The van der Waals surface area contributed by atoms with Crippen molar-refractivity contribution in [2.24, 2.45) is 0 Å². The first-order valence-corrected chi connectivity index (χ1v) is 12.3. The lowest BCUT2D eigenvalue weighted by Gasteiger charge is -2.39. The zero-order valence-electron chi connectivity index (χ0n) is 19.8. The molecule has 1 aromatic carbocycles. The van der Waals surface area contributed by atoms with Gasteiger partial charge in [0, 0.05) is 29.3 Å². The molecule has 0 radical (unpaired) electrons. The summed E-state index contributed by atoms with van der Waals surface area (Å²) in [6, 6.07) is 5.48. The lowest BCUT2D eigenvalue weighted by atomic mass is 9.99. The van der Waals surface area contributed by atoms with E-state index in [1.807, 2.05) is 0 Å². The van der Waals surface area contributed by atoms with Crippen molar-refractivity contribution < 1.29 is 27.9 Å². The first-order valence-electron chi connectivity index (χ1n) is 12.3. The Morgan fingerprint density at radius 2 is 1.83 bits per heavy atom. The molecule has 3 aromatic rings. The highest BCUT2D eigenvalue weighted by atomic mass is 19.1. The molecule has 1 N–H and O–H groups in total. The molecular formula is C26H26F2N4O4. The van der Waals surface area contributed by atoms with E-state index in [9.17, 15) is 18.7 Å². The predicted octanol–water partition coefficient (Wildman–Crippen LogP) is 5.01. The third kappa shape index (κ3) is 4.13. The van der Waals surface area contributed by atoms with E-state index in [1.165, 1.54) is 24.3 Å². The molecule has 3 aliphatic rings. The van der Waals surface area contributed by atoms with E-state index in [4.69, 9.17) is 9.26 Å². The number of aromatic carboxylic acids is 1. The Bertz CT molecular complexity index is 1290. The number of carbonyl (C=O) groups is 1. The van der Waals surface area contributed by atoms with Gasteiger partial charge in [-0.25, -0.2) is 23.5 Å². The standard InChI is InChI=1S/C26H26F2N4O4/c1-13-9-21(25(33)34)30-26(29-13)32-15-7-8-16(32)11-17(10-15)35-12-18-23(31-36-24(18)14-5-6-14)22-19(27)3-2-4-20(22)28/h2-4,9,14-17H,5-8,10-12H2,1H3,(H,33,34)/t15-,16+,17+. The number of carboxylic acids is 1. The highest BCUT2D eigenvalue weighted by Gasteiger charge is 2.43. The number of benzene rings is 1. The summed E-state index contributed by atoms with van der Waals surface area (Å²) in [6.07, 6.45) is 5.18. The number of aryl methyl sites for hydroxylation is 1. The van der Waals surface area contributed by atoms with E-state index >= 15 is 0 Å². The highest BCUT2D eigenvalue weighted by molar-refractivity contribution is 5.85. The van der Waals surface area contributed by atoms with Crippen LogP contribution in [0.15, 0.2) is 28.8 Å². The minimum atomic E-state index is -1.07. The Morgan fingerprint density at radius 3 is 2.47 bits per heavy atom. The van der Waals surface area contributed by atoms with Crippen molar-refractivity contribution in [1.29, 1.82) is 0 Å². The van der Waals surface area contributed by atoms with Crippen molar-refractivity contribution in [1.82, 2.24) is 15.1 Å². The average molecular weight is 497 g/mol. The molecule has 0 unspecified atom stereocenters. The molecule has 36 heavy (non-hydrogen) atoms. The molecular weight excluding hydrogens is 470 g/mol. The molecule has 4 heterocycles. The Labute approximate surface area is 206 Å². The number of anilines is 1. The van der Waals surface area contributed by atoms with Gasteiger partial charge in [-0.1, -0.05) is 11.2 Å². The first kappa shape index (κ1) is 23.0. The van der Waals surface area contributed by atoms with E-state index in [1.54, 1.807) is 6.92 Å². The Morgan fingerprint density at radius 1 is 1.14 bits per heavy atom. The van der Waals surface area contributed by atoms with Crippen LogP contribution in [0.4, 0.5) is 14.7 Å². The fourth-order valence-electron chi connectivity index (χ4n) is 5.62. The number of carboxylic acid groups (broad SMARTS) is 1. The van der Waals surface area contributed by atoms with E-state index < -0.39 is 17.6 Å². The van der Waals surface area contributed by atoms with Crippen molar-refractivity contribution in [3.05, 3.63) is 58.6 Å². The number of rotatable bonds is 7. The lowest BCUT2D eigenvalue weighted by Crippen LogP contribution is -2.46. The minimum Gasteiger partial charge on any atom is -0.477 e. The van der Waals surface area contributed by atoms with Gasteiger partial charge < -0.3 is 19.3 Å². The smallest absolute Gasteiger partial charge is 0.354 e. The van der Waals surface area contributed by atoms with E-state index in [2.05, 4.69) is 20.0 Å². The summed E-state index contributed by atoms with van der Waals surface area (Å²) in [5.74, 6) is -1.13. The van der Waals surface area contributed by atoms with Gasteiger partial charge in [0.15, 0.2) is 5.69 Å². The van der Waals surface area contributed by atoms with Crippen LogP contribution in [0, 0.1) is 18.6 Å². The number of hydrogen-bond acceptors (Lipinski definition) is 7. The van der Waals surface area contributed by atoms with Crippen LogP contribution in [0.2, 0.25) is 0 Å². The van der Waals surface area contributed by atoms with Crippen LogP contribution in [-0.4, -0.2) is 44.4 Å². The Balaban J connectivity index is 1.21. The van der Waals surface area contributed by atoms with Crippen molar-refractivity contribution in [2.75, 3.05) is 4.90 Å². The van der Waals surface area contributed by atoms with Gasteiger partial charge in [-0.15, -0.1) is 0 Å². The molecule has 3 atom stereocenters. The molecule has 3 fully saturated rings. The van der Waals surface area contributed by atoms with Crippen LogP contribution in [0.5, 0.6) is 0 Å². The highest BCUT2D eigenvalue weighted by Crippen LogP contribution is 2.45. The third-order valence-electron chi connectivity index (χ3n) is 7.41.